The number of aryl methyl sites for hydroxylation is 1. The maximum Gasteiger partial charge on any atom is 0.257 e. The molecule has 10 heteroatoms. The SMILES string of the molecule is Cc1c(NC(=S)NC(=O)c2cccc(Br)c2)cccc1-c1nn2c(C)nnc2s1. The monoisotopic (exact) mass is 486 g/mol. The molecule has 2 N–H and O–H groups in total. The lowest BCUT2D eigenvalue weighted by atomic mass is 10.1. The highest BCUT2D eigenvalue weighted by Crippen LogP contribution is 2.31. The fourth-order valence-electron chi connectivity index (χ4n) is 2.78. The number of nitrogens with zero attached hydrogens (tertiary/aromatic N) is 4. The molecule has 0 radical (unpaired) electrons. The van der Waals surface area contributed by atoms with E-state index in [1.807, 2.05) is 38.1 Å². The van der Waals surface area contributed by atoms with Gasteiger partial charge in [0, 0.05) is 21.3 Å². The molecule has 0 saturated heterocycles. The van der Waals surface area contributed by atoms with Gasteiger partial charge >= 0.3 is 0 Å². The van der Waals surface area contributed by atoms with Crippen LogP contribution in [0.1, 0.15) is 21.7 Å². The molecule has 2 aromatic heterocycles. The Kier molecular flexibility index (Phi) is 5.39. The Bertz CT molecular complexity index is 1250. The molecule has 0 spiro atoms. The van der Waals surface area contributed by atoms with E-state index < -0.39 is 0 Å². The number of carbonyl (C=O) groups excluding carboxylic acids is 1. The highest BCUT2D eigenvalue weighted by molar-refractivity contribution is 9.10. The van der Waals surface area contributed by atoms with Gasteiger partial charge in [-0.2, -0.15) is 9.61 Å². The van der Waals surface area contributed by atoms with Crippen molar-refractivity contribution in [2.45, 2.75) is 13.8 Å². The van der Waals surface area contributed by atoms with Crippen LogP contribution in [0.5, 0.6) is 0 Å². The zero-order valence-electron chi connectivity index (χ0n) is 15.4. The lowest BCUT2D eigenvalue weighted by molar-refractivity contribution is 0.0977. The van der Waals surface area contributed by atoms with Crippen molar-refractivity contribution < 1.29 is 4.79 Å². The van der Waals surface area contributed by atoms with Gasteiger partial charge in [0.15, 0.2) is 10.9 Å². The molecule has 0 bridgehead atoms. The third kappa shape index (κ3) is 4.04. The van der Waals surface area contributed by atoms with Gasteiger partial charge in [-0.05, 0) is 55.9 Å². The standard InChI is InChI=1S/C19H15BrN6OS2/c1-10-14(17-25-26-11(2)23-24-19(26)29-17)7-4-8-15(10)21-18(28)22-16(27)12-5-3-6-13(20)9-12/h3-9H,1-2H3,(H2,21,22,27,28). The average Bonchev–Trinajstić information content (AvgIpc) is 3.25. The highest BCUT2D eigenvalue weighted by Gasteiger charge is 2.15. The van der Waals surface area contributed by atoms with E-state index in [-0.39, 0.29) is 11.0 Å². The molecule has 4 rings (SSSR count). The number of amides is 1. The van der Waals surface area contributed by atoms with E-state index in [2.05, 4.69) is 41.9 Å². The van der Waals surface area contributed by atoms with Gasteiger partial charge < -0.3 is 5.32 Å². The number of fused-ring (bicyclic) bond motifs is 1. The number of halogens is 1. The Labute approximate surface area is 184 Å². The first-order valence-electron chi connectivity index (χ1n) is 8.59. The van der Waals surface area contributed by atoms with E-state index in [4.69, 9.17) is 12.2 Å². The van der Waals surface area contributed by atoms with Crippen molar-refractivity contribution in [3.63, 3.8) is 0 Å². The third-order valence-electron chi connectivity index (χ3n) is 4.27. The summed E-state index contributed by atoms with van der Waals surface area (Å²) in [5.41, 5.74) is 3.24. The summed E-state index contributed by atoms with van der Waals surface area (Å²) in [5.74, 6) is 0.465. The molecule has 0 unspecified atom stereocenters. The van der Waals surface area contributed by atoms with Gasteiger partial charge in [0.1, 0.15) is 5.01 Å². The predicted octanol–water partition coefficient (Wildman–Crippen LogP) is 4.36. The van der Waals surface area contributed by atoms with Crippen molar-refractivity contribution in [3.8, 4) is 10.6 Å². The van der Waals surface area contributed by atoms with Gasteiger partial charge in [-0.15, -0.1) is 10.2 Å². The van der Waals surface area contributed by atoms with Crippen LogP contribution < -0.4 is 10.6 Å². The first-order chi connectivity index (χ1) is 13.9. The minimum absolute atomic E-state index is 0.226. The van der Waals surface area contributed by atoms with Crippen LogP contribution >= 0.6 is 39.5 Å². The van der Waals surface area contributed by atoms with Crippen molar-refractivity contribution in [1.82, 2.24) is 25.1 Å². The lowest BCUT2D eigenvalue weighted by Gasteiger charge is -2.13. The summed E-state index contributed by atoms with van der Waals surface area (Å²) < 4.78 is 2.55. The van der Waals surface area contributed by atoms with Gasteiger partial charge in [-0.3, -0.25) is 10.1 Å². The molecule has 7 nitrogen and oxygen atoms in total. The van der Waals surface area contributed by atoms with Crippen LogP contribution in [0.25, 0.3) is 15.5 Å². The van der Waals surface area contributed by atoms with Crippen LogP contribution in [0, 0.1) is 13.8 Å². The maximum atomic E-state index is 12.4. The summed E-state index contributed by atoms with van der Waals surface area (Å²) in [4.78, 5) is 13.1. The van der Waals surface area contributed by atoms with Crippen molar-refractivity contribution in [2.24, 2.45) is 0 Å². The Hall–Kier alpha value is -2.69. The fraction of sp³-hybridized carbons (Fsp3) is 0.105. The van der Waals surface area contributed by atoms with E-state index in [1.54, 1.807) is 22.7 Å². The zero-order chi connectivity index (χ0) is 20.5. The van der Waals surface area contributed by atoms with Gasteiger partial charge in [0.05, 0.1) is 0 Å². The topological polar surface area (TPSA) is 84.2 Å². The molecule has 0 aliphatic carbocycles. The van der Waals surface area contributed by atoms with E-state index in [0.717, 1.165) is 37.1 Å². The summed E-state index contributed by atoms with van der Waals surface area (Å²) in [7, 11) is 0. The number of benzene rings is 2. The summed E-state index contributed by atoms with van der Waals surface area (Å²) in [5, 5.41) is 19.6. The number of hydrogen-bond donors (Lipinski definition) is 2. The number of aromatic nitrogens is 4. The average molecular weight is 487 g/mol. The van der Waals surface area contributed by atoms with E-state index in [9.17, 15) is 4.79 Å². The Morgan fingerprint density at radius 1 is 1.17 bits per heavy atom. The number of carbonyl (C=O) groups is 1. The number of rotatable bonds is 3. The number of hydrogen-bond acceptors (Lipinski definition) is 6. The molecular formula is C19H15BrN6OS2. The lowest BCUT2D eigenvalue weighted by Crippen LogP contribution is -2.34. The number of nitrogens with one attached hydrogen (secondary N) is 2. The van der Waals surface area contributed by atoms with Crippen LogP contribution in [-0.4, -0.2) is 30.8 Å². The maximum absolute atomic E-state index is 12.4. The second-order valence-electron chi connectivity index (χ2n) is 6.25. The zero-order valence-corrected chi connectivity index (χ0v) is 18.7. The molecule has 0 aliphatic rings. The van der Waals surface area contributed by atoms with Gasteiger partial charge in [0.2, 0.25) is 4.96 Å². The molecule has 2 heterocycles. The second kappa shape index (κ2) is 7.97. The van der Waals surface area contributed by atoms with E-state index in [1.165, 1.54) is 11.3 Å². The van der Waals surface area contributed by atoms with Crippen LogP contribution in [0.4, 0.5) is 5.69 Å². The largest absolute Gasteiger partial charge is 0.332 e. The molecule has 0 fully saturated rings. The first-order valence-corrected chi connectivity index (χ1v) is 10.6. The number of thiocarbonyl (C=S) groups is 1. The van der Waals surface area contributed by atoms with E-state index >= 15 is 0 Å². The Balaban J connectivity index is 1.54. The Morgan fingerprint density at radius 3 is 2.72 bits per heavy atom. The molecule has 0 saturated carbocycles. The van der Waals surface area contributed by atoms with Crippen molar-refractivity contribution in [1.29, 1.82) is 0 Å². The second-order valence-corrected chi connectivity index (χ2v) is 8.53. The Morgan fingerprint density at radius 2 is 1.97 bits per heavy atom. The molecular weight excluding hydrogens is 472 g/mol. The summed E-state index contributed by atoms with van der Waals surface area (Å²) in [6.45, 7) is 3.84. The fourth-order valence-corrected chi connectivity index (χ4v) is 4.35. The van der Waals surface area contributed by atoms with Crippen molar-refractivity contribution >= 4 is 61.2 Å². The van der Waals surface area contributed by atoms with Crippen LogP contribution in [0.15, 0.2) is 46.9 Å². The molecule has 2 aromatic carbocycles. The quantitative estimate of drug-likeness (QED) is 0.418. The molecule has 29 heavy (non-hydrogen) atoms. The smallest absolute Gasteiger partial charge is 0.257 e. The van der Waals surface area contributed by atoms with Crippen LogP contribution in [0.2, 0.25) is 0 Å². The minimum Gasteiger partial charge on any atom is -0.332 e. The van der Waals surface area contributed by atoms with E-state index in [0.29, 0.717) is 5.56 Å². The molecule has 0 atom stereocenters. The molecule has 146 valence electrons. The first kappa shape index (κ1) is 19.6. The summed E-state index contributed by atoms with van der Waals surface area (Å²) in [6.07, 6.45) is 0. The molecule has 1 amide bonds. The van der Waals surface area contributed by atoms with Gasteiger partial charge in [-0.1, -0.05) is 45.5 Å². The van der Waals surface area contributed by atoms with Crippen molar-refractivity contribution in [2.75, 3.05) is 5.32 Å². The normalized spacial score (nSPS) is 10.9. The summed E-state index contributed by atoms with van der Waals surface area (Å²) >= 11 is 10.2. The van der Waals surface area contributed by atoms with Crippen LogP contribution in [-0.2, 0) is 0 Å². The summed E-state index contributed by atoms with van der Waals surface area (Å²) in [6, 6.07) is 12.9. The third-order valence-corrected chi connectivity index (χ3v) is 5.90. The number of anilines is 1. The molecule has 0 aliphatic heterocycles. The minimum atomic E-state index is -0.276. The van der Waals surface area contributed by atoms with Crippen LogP contribution in [0.3, 0.4) is 0 Å². The van der Waals surface area contributed by atoms with Gasteiger partial charge in [-0.25, -0.2) is 0 Å². The molecule has 4 aromatic rings. The van der Waals surface area contributed by atoms with Crippen molar-refractivity contribution in [3.05, 3.63) is 63.9 Å². The highest BCUT2D eigenvalue weighted by atomic mass is 79.9. The van der Waals surface area contributed by atoms with Gasteiger partial charge in [0.25, 0.3) is 5.91 Å². The predicted molar refractivity (Wildman–Crippen MR) is 121 cm³/mol.